The lowest BCUT2D eigenvalue weighted by Crippen LogP contribution is -2.21. The number of esters is 1. The number of rotatable bonds is 2. The van der Waals surface area contributed by atoms with Gasteiger partial charge in [-0.05, 0) is 22.9 Å². The average molecular weight is 309 g/mol. The van der Waals surface area contributed by atoms with Gasteiger partial charge in [0.15, 0.2) is 11.7 Å². The highest BCUT2D eigenvalue weighted by Crippen LogP contribution is 2.31. The summed E-state index contributed by atoms with van der Waals surface area (Å²) in [5, 5.41) is 14.7. The SMILES string of the molecule is C=C1NC(=Cc2c(O)ccc3ccccc23)C(=O)C1C(=O)OC. The second-order valence-electron chi connectivity index (χ2n) is 5.25. The molecule has 1 aliphatic heterocycles. The van der Waals surface area contributed by atoms with Crippen molar-refractivity contribution in [2.75, 3.05) is 7.11 Å². The fourth-order valence-corrected chi connectivity index (χ4v) is 2.67. The van der Waals surface area contributed by atoms with Crippen LogP contribution in [0.2, 0.25) is 0 Å². The fraction of sp³-hybridized carbons (Fsp3) is 0.111. The highest BCUT2D eigenvalue weighted by Gasteiger charge is 2.39. The Kier molecular flexibility index (Phi) is 3.62. The van der Waals surface area contributed by atoms with Gasteiger partial charge in [0.25, 0.3) is 0 Å². The van der Waals surface area contributed by atoms with Gasteiger partial charge in [-0.15, -0.1) is 0 Å². The van der Waals surface area contributed by atoms with Crippen molar-refractivity contribution in [3.05, 3.63) is 59.9 Å². The molecule has 0 spiro atoms. The summed E-state index contributed by atoms with van der Waals surface area (Å²) in [6.45, 7) is 3.70. The third-order valence-electron chi connectivity index (χ3n) is 3.84. The molecule has 2 aromatic rings. The predicted octanol–water partition coefficient (Wildman–Crippen LogP) is 2.36. The van der Waals surface area contributed by atoms with Gasteiger partial charge in [0.1, 0.15) is 5.75 Å². The maximum Gasteiger partial charge on any atom is 0.322 e. The van der Waals surface area contributed by atoms with Gasteiger partial charge in [-0.2, -0.15) is 0 Å². The van der Waals surface area contributed by atoms with Crippen LogP contribution in [-0.4, -0.2) is 24.0 Å². The van der Waals surface area contributed by atoms with Crippen molar-refractivity contribution >= 4 is 28.6 Å². The molecule has 2 N–H and O–H groups in total. The zero-order valence-electron chi connectivity index (χ0n) is 12.5. The Labute approximate surface area is 132 Å². The molecule has 2 aromatic carbocycles. The molecular formula is C18H15NO4. The highest BCUT2D eigenvalue weighted by atomic mass is 16.5. The second kappa shape index (κ2) is 5.61. The molecule has 1 saturated heterocycles. The summed E-state index contributed by atoms with van der Waals surface area (Å²) in [7, 11) is 1.22. The largest absolute Gasteiger partial charge is 0.507 e. The number of hydrogen-bond donors (Lipinski definition) is 2. The van der Waals surface area contributed by atoms with E-state index in [1.165, 1.54) is 13.2 Å². The van der Waals surface area contributed by atoms with Crippen LogP contribution >= 0.6 is 0 Å². The van der Waals surface area contributed by atoms with E-state index in [1.54, 1.807) is 12.1 Å². The molecule has 0 amide bonds. The van der Waals surface area contributed by atoms with Crippen LogP contribution in [-0.2, 0) is 14.3 Å². The van der Waals surface area contributed by atoms with E-state index in [4.69, 9.17) is 0 Å². The summed E-state index contributed by atoms with van der Waals surface area (Å²) < 4.78 is 4.63. The van der Waals surface area contributed by atoms with Crippen LogP contribution in [0.1, 0.15) is 5.56 Å². The van der Waals surface area contributed by atoms with Crippen molar-refractivity contribution < 1.29 is 19.4 Å². The molecule has 5 nitrogen and oxygen atoms in total. The number of methoxy groups -OCH3 is 1. The van der Waals surface area contributed by atoms with Crippen LogP contribution in [0.5, 0.6) is 5.75 Å². The van der Waals surface area contributed by atoms with Crippen LogP contribution < -0.4 is 5.32 Å². The Bertz CT molecular complexity index is 866. The van der Waals surface area contributed by atoms with E-state index in [1.807, 2.05) is 24.3 Å². The molecule has 1 fully saturated rings. The molecular weight excluding hydrogens is 294 g/mol. The number of phenols is 1. The smallest absolute Gasteiger partial charge is 0.322 e. The van der Waals surface area contributed by atoms with Crippen molar-refractivity contribution in [1.29, 1.82) is 0 Å². The highest BCUT2D eigenvalue weighted by molar-refractivity contribution is 6.15. The van der Waals surface area contributed by atoms with E-state index in [9.17, 15) is 14.7 Å². The molecule has 0 bridgehead atoms. The molecule has 0 saturated carbocycles. The Morgan fingerprint density at radius 3 is 2.78 bits per heavy atom. The first-order valence-electron chi connectivity index (χ1n) is 7.03. The topological polar surface area (TPSA) is 75.6 Å². The molecule has 3 rings (SSSR count). The first-order valence-corrected chi connectivity index (χ1v) is 7.03. The number of carbonyl (C=O) groups is 2. The number of fused-ring (bicyclic) bond motifs is 1. The standard InChI is InChI=1S/C18H15NO4/c1-10-16(18(22)23-2)17(21)14(19-10)9-13-12-6-4-3-5-11(12)7-8-15(13)20/h3-9,16,19-20H,1H2,2H3. The van der Waals surface area contributed by atoms with E-state index in [0.29, 0.717) is 5.56 Å². The molecule has 1 aliphatic rings. The van der Waals surface area contributed by atoms with E-state index in [-0.39, 0.29) is 17.1 Å². The van der Waals surface area contributed by atoms with Gasteiger partial charge in [0.05, 0.1) is 12.8 Å². The first-order chi connectivity index (χ1) is 11.0. The summed E-state index contributed by atoms with van der Waals surface area (Å²) in [6.07, 6.45) is 1.54. The van der Waals surface area contributed by atoms with Gasteiger partial charge in [-0.25, -0.2) is 0 Å². The normalized spacial score (nSPS) is 19.2. The van der Waals surface area contributed by atoms with Gasteiger partial charge in [-0.3, -0.25) is 9.59 Å². The summed E-state index contributed by atoms with van der Waals surface area (Å²) in [6, 6.07) is 10.9. The number of hydrogen-bond acceptors (Lipinski definition) is 5. The van der Waals surface area contributed by atoms with Crippen molar-refractivity contribution in [2.24, 2.45) is 5.92 Å². The molecule has 0 aliphatic carbocycles. The van der Waals surface area contributed by atoms with Crippen LogP contribution in [0.3, 0.4) is 0 Å². The van der Waals surface area contributed by atoms with E-state index >= 15 is 0 Å². The van der Waals surface area contributed by atoms with Gasteiger partial charge in [-0.1, -0.05) is 36.9 Å². The number of carbonyl (C=O) groups excluding carboxylic acids is 2. The van der Waals surface area contributed by atoms with E-state index < -0.39 is 17.7 Å². The zero-order valence-corrected chi connectivity index (χ0v) is 12.5. The Hall–Kier alpha value is -3.08. The lowest BCUT2D eigenvalue weighted by atomic mass is 10.00. The van der Waals surface area contributed by atoms with Crippen molar-refractivity contribution in [3.63, 3.8) is 0 Å². The molecule has 5 heteroatoms. The van der Waals surface area contributed by atoms with Crippen LogP contribution in [0.4, 0.5) is 0 Å². The monoisotopic (exact) mass is 309 g/mol. The number of allylic oxidation sites excluding steroid dienone is 1. The van der Waals surface area contributed by atoms with Gasteiger partial charge in [0.2, 0.25) is 0 Å². The quantitative estimate of drug-likeness (QED) is 0.506. The molecule has 1 atom stereocenters. The minimum absolute atomic E-state index is 0.0536. The Morgan fingerprint density at radius 1 is 1.30 bits per heavy atom. The van der Waals surface area contributed by atoms with Crippen LogP contribution in [0, 0.1) is 5.92 Å². The number of nitrogens with one attached hydrogen (secondary N) is 1. The molecule has 0 aromatic heterocycles. The van der Waals surface area contributed by atoms with Crippen molar-refractivity contribution in [1.82, 2.24) is 5.32 Å². The number of aromatic hydroxyl groups is 1. The lowest BCUT2D eigenvalue weighted by Gasteiger charge is -2.06. The van der Waals surface area contributed by atoms with Crippen molar-refractivity contribution in [2.45, 2.75) is 0 Å². The number of phenolic OH excluding ortho intramolecular Hbond substituents is 1. The van der Waals surface area contributed by atoms with Gasteiger partial charge >= 0.3 is 5.97 Å². The molecule has 1 unspecified atom stereocenters. The molecule has 0 radical (unpaired) electrons. The minimum Gasteiger partial charge on any atom is -0.507 e. The molecule has 1 heterocycles. The van der Waals surface area contributed by atoms with Crippen LogP contribution in [0.25, 0.3) is 16.8 Å². The van der Waals surface area contributed by atoms with Crippen LogP contribution in [0.15, 0.2) is 54.4 Å². The van der Waals surface area contributed by atoms with E-state index in [2.05, 4.69) is 16.6 Å². The third-order valence-corrected chi connectivity index (χ3v) is 3.84. The number of Topliss-reactive ketones (excluding diaryl/α,β-unsaturated/α-hetero) is 1. The fourth-order valence-electron chi connectivity index (χ4n) is 2.67. The Balaban J connectivity index is 2.10. The van der Waals surface area contributed by atoms with Crippen molar-refractivity contribution in [3.8, 4) is 5.75 Å². The number of ketones is 1. The second-order valence-corrected chi connectivity index (χ2v) is 5.25. The predicted molar refractivity (Wildman–Crippen MR) is 86.4 cm³/mol. The molecule has 23 heavy (non-hydrogen) atoms. The summed E-state index contributed by atoms with van der Waals surface area (Å²) in [5.41, 5.74) is 0.988. The number of ether oxygens (including phenoxy) is 1. The van der Waals surface area contributed by atoms with E-state index in [0.717, 1.165) is 10.8 Å². The summed E-state index contributed by atoms with van der Waals surface area (Å²) in [4.78, 5) is 24.1. The first kappa shape index (κ1) is 14.8. The maximum atomic E-state index is 12.4. The summed E-state index contributed by atoms with van der Waals surface area (Å²) >= 11 is 0. The third kappa shape index (κ3) is 2.46. The lowest BCUT2D eigenvalue weighted by molar-refractivity contribution is -0.146. The maximum absolute atomic E-state index is 12.4. The summed E-state index contributed by atoms with van der Waals surface area (Å²) in [5.74, 6) is -2.08. The van der Waals surface area contributed by atoms with Gasteiger partial charge < -0.3 is 15.2 Å². The minimum atomic E-state index is -1.05. The average Bonchev–Trinajstić information content (AvgIpc) is 2.83. The molecule has 116 valence electrons. The number of benzene rings is 2. The zero-order chi connectivity index (χ0) is 16.6. The van der Waals surface area contributed by atoms with Gasteiger partial charge in [0, 0.05) is 11.3 Å². The Morgan fingerprint density at radius 2 is 2.04 bits per heavy atom.